The van der Waals surface area contributed by atoms with Crippen LogP contribution in [0.15, 0.2) is 36.5 Å². The molecule has 4 heteroatoms. The van der Waals surface area contributed by atoms with Crippen LogP contribution in [0.2, 0.25) is 0 Å². The summed E-state index contributed by atoms with van der Waals surface area (Å²) < 4.78 is 0. The third-order valence-corrected chi connectivity index (χ3v) is 1.65. The minimum Gasteiger partial charge on any atom is -0.366 e. The molecule has 1 aromatic heterocycles. The Labute approximate surface area is 75.5 Å². The Hall–Kier alpha value is -1.97. The largest absolute Gasteiger partial charge is 0.366 e. The molecule has 0 aliphatic carbocycles. The van der Waals surface area contributed by atoms with E-state index in [-0.39, 0.29) is 5.95 Å². The second kappa shape index (κ2) is 3.18. The molecular weight excluding hydrogens is 164 g/mol. The van der Waals surface area contributed by atoms with E-state index in [1.807, 2.05) is 30.3 Å². The number of nitrogen functional groups attached to an aromatic ring is 1. The smallest absolute Gasteiger partial charge is 0.240 e. The fraction of sp³-hybridized carbons (Fsp3) is 0. The first-order valence-corrected chi connectivity index (χ1v) is 3.87. The van der Waals surface area contributed by atoms with Gasteiger partial charge in [0.2, 0.25) is 5.95 Å². The van der Waals surface area contributed by atoms with Crippen molar-refractivity contribution >= 4 is 5.95 Å². The maximum Gasteiger partial charge on any atom is 0.240 e. The van der Waals surface area contributed by atoms with Crippen molar-refractivity contribution in [1.29, 1.82) is 0 Å². The van der Waals surface area contributed by atoms with Gasteiger partial charge in [0.1, 0.15) is 5.69 Å². The van der Waals surface area contributed by atoms with Crippen molar-refractivity contribution < 1.29 is 0 Å². The average Bonchev–Trinajstić information content (AvgIpc) is 2.20. The number of hydrogen-bond donors (Lipinski definition) is 1. The Morgan fingerprint density at radius 3 is 2.38 bits per heavy atom. The van der Waals surface area contributed by atoms with Crippen LogP contribution in [0.1, 0.15) is 0 Å². The molecular formula is C9H8N4. The Kier molecular flexibility index (Phi) is 1.88. The van der Waals surface area contributed by atoms with Crippen LogP contribution in [0, 0.1) is 0 Å². The number of aromatic nitrogens is 3. The van der Waals surface area contributed by atoms with E-state index in [0.717, 1.165) is 11.3 Å². The number of rotatable bonds is 1. The van der Waals surface area contributed by atoms with Crippen molar-refractivity contribution in [3.8, 4) is 11.3 Å². The van der Waals surface area contributed by atoms with E-state index >= 15 is 0 Å². The Bertz CT molecular complexity index is 382. The van der Waals surface area contributed by atoms with Crippen LogP contribution in [0.4, 0.5) is 5.95 Å². The van der Waals surface area contributed by atoms with Gasteiger partial charge in [-0.15, -0.1) is 10.2 Å². The van der Waals surface area contributed by atoms with Gasteiger partial charge < -0.3 is 5.73 Å². The maximum absolute atomic E-state index is 5.32. The van der Waals surface area contributed by atoms with Crippen LogP contribution in [-0.4, -0.2) is 15.2 Å². The first-order valence-electron chi connectivity index (χ1n) is 3.87. The zero-order chi connectivity index (χ0) is 9.10. The standard InChI is InChI=1S/C9H8N4/c10-9-11-6-8(12-13-9)7-4-2-1-3-5-7/h1-6H,(H2,10,11,13). The molecule has 0 fully saturated rings. The van der Waals surface area contributed by atoms with Crippen molar-refractivity contribution in [2.75, 3.05) is 5.73 Å². The first-order chi connectivity index (χ1) is 6.36. The summed E-state index contributed by atoms with van der Waals surface area (Å²) in [5, 5.41) is 7.58. The van der Waals surface area contributed by atoms with E-state index in [1.165, 1.54) is 0 Å². The van der Waals surface area contributed by atoms with Crippen LogP contribution in [0.5, 0.6) is 0 Å². The van der Waals surface area contributed by atoms with E-state index in [9.17, 15) is 0 Å². The monoisotopic (exact) mass is 172 g/mol. The maximum atomic E-state index is 5.32. The number of benzene rings is 1. The molecule has 0 aliphatic heterocycles. The zero-order valence-electron chi connectivity index (χ0n) is 6.88. The molecule has 0 radical (unpaired) electrons. The molecule has 4 nitrogen and oxygen atoms in total. The second-order valence-electron chi connectivity index (χ2n) is 2.57. The molecule has 0 saturated carbocycles. The van der Waals surface area contributed by atoms with E-state index in [1.54, 1.807) is 6.20 Å². The Balaban J connectivity index is 2.42. The molecule has 13 heavy (non-hydrogen) atoms. The van der Waals surface area contributed by atoms with Crippen LogP contribution < -0.4 is 5.73 Å². The number of anilines is 1. The minimum atomic E-state index is 0.194. The fourth-order valence-electron chi connectivity index (χ4n) is 1.03. The molecule has 0 unspecified atom stereocenters. The predicted molar refractivity (Wildman–Crippen MR) is 49.7 cm³/mol. The summed E-state index contributed by atoms with van der Waals surface area (Å²) in [5.74, 6) is 0.194. The number of hydrogen-bond acceptors (Lipinski definition) is 4. The molecule has 2 rings (SSSR count). The molecule has 0 saturated heterocycles. The van der Waals surface area contributed by atoms with Crippen molar-refractivity contribution in [2.45, 2.75) is 0 Å². The Morgan fingerprint density at radius 1 is 1.00 bits per heavy atom. The fourth-order valence-corrected chi connectivity index (χ4v) is 1.03. The number of nitrogens with two attached hydrogens (primary N) is 1. The van der Waals surface area contributed by atoms with E-state index in [0.29, 0.717) is 0 Å². The third-order valence-electron chi connectivity index (χ3n) is 1.65. The normalized spacial score (nSPS) is 9.85. The lowest BCUT2D eigenvalue weighted by atomic mass is 10.2. The summed E-state index contributed by atoms with van der Waals surface area (Å²) in [4.78, 5) is 3.86. The van der Waals surface area contributed by atoms with Gasteiger partial charge in [0, 0.05) is 5.56 Å². The topological polar surface area (TPSA) is 64.7 Å². The van der Waals surface area contributed by atoms with Crippen LogP contribution in [0.3, 0.4) is 0 Å². The SMILES string of the molecule is Nc1ncc(-c2ccccc2)nn1. The van der Waals surface area contributed by atoms with E-state index in [4.69, 9.17) is 5.73 Å². The van der Waals surface area contributed by atoms with Crippen molar-refractivity contribution in [3.63, 3.8) is 0 Å². The first kappa shape index (κ1) is 7.67. The van der Waals surface area contributed by atoms with Crippen molar-refractivity contribution in [1.82, 2.24) is 15.2 Å². The summed E-state index contributed by atoms with van der Waals surface area (Å²) in [7, 11) is 0. The molecule has 0 aliphatic rings. The molecule has 0 bridgehead atoms. The highest BCUT2D eigenvalue weighted by Crippen LogP contribution is 2.13. The van der Waals surface area contributed by atoms with Crippen LogP contribution >= 0.6 is 0 Å². The summed E-state index contributed by atoms with van der Waals surface area (Å²) in [6, 6.07) is 9.71. The van der Waals surface area contributed by atoms with Gasteiger partial charge in [-0.2, -0.15) is 0 Å². The minimum absolute atomic E-state index is 0.194. The van der Waals surface area contributed by atoms with Gasteiger partial charge in [0.15, 0.2) is 0 Å². The molecule has 0 spiro atoms. The molecule has 1 heterocycles. The zero-order valence-corrected chi connectivity index (χ0v) is 6.88. The van der Waals surface area contributed by atoms with Gasteiger partial charge in [0.25, 0.3) is 0 Å². The van der Waals surface area contributed by atoms with Gasteiger partial charge in [-0.25, -0.2) is 4.98 Å². The predicted octanol–water partition coefficient (Wildman–Crippen LogP) is 1.12. The highest BCUT2D eigenvalue weighted by atomic mass is 15.2. The van der Waals surface area contributed by atoms with Gasteiger partial charge in [-0.3, -0.25) is 0 Å². The van der Waals surface area contributed by atoms with Crippen LogP contribution in [-0.2, 0) is 0 Å². The molecule has 0 atom stereocenters. The molecule has 2 aromatic rings. The second-order valence-corrected chi connectivity index (χ2v) is 2.57. The lowest BCUT2D eigenvalue weighted by Crippen LogP contribution is -1.97. The molecule has 2 N–H and O–H groups in total. The lowest BCUT2D eigenvalue weighted by molar-refractivity contribution is 0.993. The van der Waals surface area contributed by atoms with Gasteiger partial charge in [-0.1, -0.05) is 30.3 Å². The van der Waals surface area contributed by atoms with Crippen molar-refractivity contribution in [3.05, 3.63) is 36.5 Å². The summed E-state index contributed by atoms with van der Waals surface area (Å²) in [6.07, 6.45) is 1.61. The Morgan fingerprint density at radius 2 is 1.77 bits per heavy atom. The van der Waals surface area contributed by atoms with Gasteiger partial charge in [-0.05, 0) is 0 Å². The molecule has 1 aromatic carbocycles. The lowest BCUT2D eigenvalue weighted by Gasteiger charge is -1.97. The van der Waals surface area contributed by atoms with E-state index in [2.05, 4.69) is 15.2 Å². The summed E-state index contributed by atoms with van der Waals surface area (Å²) in [5.41, 5.74) is 7.04. The third kappa shape index (κ3) is 1.61. The van der Waals surface area contributed by atoms with E-state index < -0.39 is 0 Å². The molecule has 0 amide bonds. The highest BCUT2D eigenvalue weighted by molar-refractivity contribution is 5.57. The summed E-state index contributed by atoms with van der Waals surface area (Å²) >= 11 is 0. The highest BCUT2D eigenvalue weighted by Gasteiger charge is 1.98. The number of nitrogens with zero attached hydrogens (tertiary/aromatic N) is 3. The average molecular weight is 172 g/mol. The quantitative estimate of drug-likeness (QED) is 0.700. The van der Waals surface area contributed by atoms with Crippen LogP contribution in [0.25, 0.3) is 11.3 Å². The van der Waals surface area contributed by atoms with Gasteiger partial charge >= 0.3 is 0 Å². The van der Waals surface area contributed by atoms with Gasteiger partial charge in [0.05, 0.1) is 6.20 Å². The van der Waals surface area contributed by atoms with Crippen molar-refractivity contribution in [2.24, 2.45) is 0 Å². The summed E-state index contributed by atoms with van der Waals surface area (Å²) in [6.45, 7) is 0. The molecule has 64 valence electrons.